The molecule has 0 spiro atoms. The predicted molar refractivity (Wildman–Crippen MR) is 101 cm³/mol. The number of rotatable bonds is 3. The lowest BCUT2D eigenvalue weighted by Gasteiger charge is -2.40. The quantitative estimate of drug-likeness (QED) is 0.935. The highest BCUT2D eigenvalue weighted by Gasteiger charge is 2.38. The summed E-state index contributed by atoms with van der Waals surface area (Å²) in [5, 5.41) is 11.0. The molecule has 1 aromatic carbocycles. The van der Waals surface area contributed by atoms with Crippen LogP contribution in [0.3, 0.4) is 0 Å². The number of likely N-dealkylation sites (tertiary alicyclic amines) is 1. The molecule has 2 aliphatic heterocycles. The number of aromatic nitrogens is 1. The third kappa shape index (κ3) is 3.42. The second-order valence-electron chi connectivity index (χ2n) is 7.51. The second-order valence-corrected chi connectivity index (χ2v) is 7.51. The van der Waals surface area contributed by atoms with Gasteiger partial charge < -0.3 is 10.0 Å². The van der Waals surface area contributed by atoms with E-state index in [2.05, 4.69) is 45.1 Å². The molecule has 132 valence electrons. The van der Waals surface area contributed by atoms with E-state index >= 15 is 0 Å². The second kappa shape index (κ2) is 6.77. The molecule has 4 nitrogen and oxygen atoms in total. The highest BCUT2D eigenvalue weighted by atomic mass is 16.3. The van der Waals surface area contributed by atoms with Gasteiger partial charge in [0.05, 0.1) is 5.69 Å². The third-order valence-corrected chi connectivity index (χ3v) is 5.81. The molecule has 0 aliphatic carbocycles. The van der Waals surface area contributed by atoms with E-state index < -0.39 is 5.60 Å². The van der Waals surface area contributed by atoms with Crippen LogP contribution in [0.15, 0.2) is 48.7 Å². The van der Waals surface area contributed by atoms with Gasteiger partial charge in [-0.3, -0.25) is 9.88 Å². The number of benzene rings is 1. The summed E-state index contributed by atoms with van der Waals surface area (Å²) in [4.78, 5) is 9.51. The minimum Gasteiger partial charge on any atom is -0.383 e. The molecule has 1 unspecified atom stereocenters. The molecule has 0 bridgehead atoms. The average molecular weight is 337 g/mol. The standard InChI is InChI=1S/C21H27N3O/c1-17-7-8-20(22-15-17)21(25)10-13-23(14-11-21)19-9-12-24(16-19)18-5-3-2-4-6-18/h2-8,15,19,25H,9-14,16H2,1H3. The summed E-state index contributed by atoms with van der Waals surface area (Å²) in [5.74, 6) is 0. The first-order valence-electron chi connectivity index (χ1n) is 9.34. The molecule has 1 atom stereocenters. The van der Waals surface area contributed by atoms with Crippen molar-refractivity contribution in [3.8, 4) is 0 Å². The summed E-state index contributed by atoms with van der Waals surface area (Å²) in [5.41, 5.74) is 2.52. The maximum Gasteiger partial charge on any atom is 0.109 e. The van der Waals surface area contributed by atoms with E-state index in [0.717, 1.165) is 50.3 Å². The largest absolute Gasteiger partial charge is 0.383 e. The Balaban J connectivity index is 1.37. The first kappa shape index (κ1) is 16.6. The van der Waals surface area contributed by atoms with Gasteiger partial charge in [-0.05, 0) is 49.9 Å². The fraction of sp³-hybridized carbons (Fsp3) is 0.476. The Bertz CT molecular complexity index is 693. The summed E-state index contributed by atoms with van der Waals surface area (Å²) in [6.07, 6.45) is 4.60. The summed E-state index contributed by atoms with van der Waals surface area (Å²) in [7, 11) is 0. The van der Waals surface area contributed by atoms with Crippen molar-refractivity contribution in [1.29, 1.82) is 0 Å². The van der Waals surface area contributed by atoms with Crippen molar-refractivity contribution >= 4 is 5.69 Å². The summed E-state index contributed by atoms with van der Waals surface area (Å²) in [6.45, 7) is 6.13. The Morgan fingerprint density at radius 3 is 2.48 bits per heavy atom. The van der Waals surface area contributed by atoms with Crippen molar-refractivity contribution in [3.05, 3.63) is 59.9 Å². The smallest absolute Gasteiger partial charge is 0.109 e. The van der Waals surface area contributed by atoms with E-state index in [9.17, 15) is 5.11 Å². The van der Waals surface area contributed by atoms with E-state index in [1.54, 1.807) is 0 Å². The highest BCUT2D eigenvalue weighted by molar-refractivity contribution is 5.47. The Morgan fingerprint density at radius 2 is 1.80 bits per heavy atom. The van der Waals surface area contributed by atoms with Gasteiger partial charge in [0.15, 0.2) is 0 Å². The zero-order chi connectivity index (χ0) is 17.3. The molecule has 4 rings (SSSR count). The van der Waals surface area contributed by atoms with Gasteiger partial charge in [0.25, 0.3) is 0 Å². The molecule has 2 aromatic rings. The van der Waals surface area contributed by atoms with E-state index in [1.807, 2.05) is 25.3 Å². The molecular formula is C21H27N3O. The fourth-order valence-corrected chi connectivity index (χ4v) is 4.17. The van der Waals surface area contributed by atoms with Gasteiger partial charge in [-0.15, -0.1) is 0 Å². The molecule has 2 saturated heterocycles. The molecule has 25 heavy (non-hydrogen) atoms. The lowest BCUT2D eigenvalue weighted by Crippen LogP contribution is -2.48. The Kier molecular flexibility index (Phi) is 4.48. The van der Waals surface area contributed by atoms with Crippen molar-refractivity contribution < 1.29 is 5.11 Å². The van der Waals surface area contributed by atoms with Crippen LogP contribution in [-0.2, 0) is 5.60 Å². The Labute approximate surface area is 150 Å². The number of aliphatic hydroxyl groups is 1. The monoisotopic (exact) mass is 337 g/mol. The molecule has 1 aromatic heterocycles. The van der Waals surface area contributed by atoms with Gasteiger partial charge in [0, 0.05) is 44.1 Å². The first-order chi connectivity index (χ1) is 12.1. The average Bonchev–Trinajstić information content (AvgIpc) is 3.14. The summed E-state index contributed by atoms with van der Waals surface area (Å²) >= 11 is 0. The number of pyridine rings is 1. The van der Waals surface area contributed by atoms with Crippen molar-refractivity contribution in [3.63, 3.8) is 0 Å². The molecule has 2 fully saturated rings. The van der Waals surface area contributed by atoms with Gasteiger partial charge in [-0.2, -0.15) is 0 Å². The van der Waals surface area contributed by atoms with Crippen LogP contribution in [0, 0.1) is 6.92 Å². The molecule has 4 heteroatoms. The van der Waals surface area contributed by atoms with E-state index in [4.69, 9.17) is 0 Å². The van der Waals surface area contributed by atoms with Crippen molar-refractivity contribution in [1.82, 2.24) is 9.88 Å². The minimum absolute atomic E-state index is 0.593. The van der Waals surface area contributed by atoms with Crippen LogP contribution in [0.2, 0.25) is 0 Å². The number of hydrogen-bond donors (Lipinski definition) is 1. The van der Waals surface area contributed by atoms with Gasteiger partial charge in [-0.25, -0.2) is 0 Å². The van der Waals surface area contributed by atoms with Crippen molar-refractivity contribution in [2.45, 2.75) is 37.8 Å². The third-order valence-electron chi connectivity index (χ3n) is 5.81. The SMILES string of the molecule is Cc1ccc(C2(O)CCN(C3CCN(c4ccccc4)C3)CC2)nc1. The van der Waals surface area contributed by atoms with Crippen LogP contribution >= 0.6 is 0 Å². The lowest BCUT2D eigenvalue weighted by atomic mass is 9.87. The molecular weight excluding hydrogens is 310 g/mol. The van der Waals surface area contributed by atoms with Gasteiger partial charge in [0.1, 0.15) is 5.60 Å². The lowest BCUT2D eigenvalue weighted by molar-refractivity contribution is -0.0369. The van der Waals surface area contributed by atoms with Crippen LogP contribution in [0.25, 0.3) is 0 Å². The molecule has 3 heterocycles. The number of para-hydroxylation sites is 1. The summed E-state index contributed by atoms with van der Waals surface area (Å²) < 4.78 is 0. The molecule has 2 aliphatic rings. The van der Waals surface area contributed by atoms with Crippen LogP contribution in [0.1, 0.15) is 30.5 Å². The highest BCUT2D eigenvalue weighted by Crippen LogP contribution is 2.34. The van der Waals surface area contributed by atoms with Crippen LogP contribution in [0.4, 0.5) is 5.69 Å². The van der Waals surface area contributed by atoms with E-state index in [1.165, 1.54) is 12.1 Å². The number of anilines is 1. The number of nitrogens with zero attached hydrogens (tertiary/aromatic N) is 3. The van der Waals surface area contributed by atoms with Gasteiger partial charge >= 0.3 is 0 Å². The number of aryl methyl sites for hydroxylation is 1. The van der Waals surface area contributed by atoms with Crippen LogP contribution in [0.5, 0.6) is 0 Å². The van der Waals surface area contributed by atoms with Crippen LogP contribution < -0.4 is 4.90 Å². The zero-order valence-electron chi connectivity index (χ0n) is 14.9. The number of piperidine rings is 1. The van der Waals surface area contributed by atoms with Gasteiger partial charge in [-0.1, -0.05) is 24.3 Å². The van der Waals surface area contributed by atoms with Crippen molar-refractivity contribution in [2.24, 2.45) is 0 Å². The minimum atomic E-state index is -0.762. The van der Waals surface area contributed by atoms with E-state index in [-0.39, 0.29) is 0 Å². The van der Waals surface area contributed by atoms with Crippen molar-refractivity contribution in [2.75, 3.05) is 31.1 Å². The van der Waals surface area contributed by atoms with Gasteiger partial charge in [0.2, 0.25) is 0 Å². The molecule has 1 N–H and O–H groups in total. The van der Waals surface area contributed by atoms with E-state index in [0.29, 0.717) is 6.04 Å². The molecule has 0 amide bonds. The fourth-order valence-electron chi connectivity index (χ4n) is 4.17. The zero-order valence-corrected chi connectivity index (χ0v) is 14.9. The molecule has 0 radical (unpaired) electrons. The first-order valence-corrected chi connectivity index (χ1v) is 9.34. The van der Waals surface area contributed by atoms with Crippen LogP contribution in [-0.4, -0.2) is 47.2 Å². The Morgan fingerprint density at radius 1 is 1.04 bits per heavy atom. The normalized spacial score (nSPS) is 23.8. The molecule has 0 saturated carbocycles. The number of hydrogen-bond acceptors (Lipinski definition) is 4. The maximum atomic E-state index is 11.0. The Hall–Kier alpha value is -1.91. The topological polar surface area (TPSA) is 39.6 Å². The summed E-state index contributed by atoms with van der Waals surface area (Å²) in [6, 6.07) is 15.3. The maximum absolute atomic E-state index is 11.0. The predicted octanol–water partition coefficient (Wildman–Crippen LogP) is 2.95.